The SMILES string of the molecule is C=CCn1c(SC(C)C(=O)NN=Cc2ccc(O)cc2)nnc1-c1ccc(Br)cc1. The Morgan fingerprint density at radius 2 is 1.97 bits per heavy atom. The van der Waals surface area contributed by atoms with E-state index < -0.39 is 5.25 Å². The van der Waals surface area contributed by atoms with Gasteiger partial charge < -0.3 is 5.11 Å². The zero-order valence-corrected chi connectivity index (χ0v) is 18.6. The maximum Gasteiger partial charge on any atom is 0.253 e. The molecule has 0 bridgehead atoms. The normalized spacial score (nSPS) is 12.1. The number of thioether (sulfide) groups is 1. The fourth-order valence-electron chi connectivity index (χ4n) is 2.52. The standard InChI is InChI=1S/C21H20BrN5O2S/c1-3-12-27-19(16-6-8-17(22)9-7-16)24-26-21(27)30-14(2)20(29)25-23-13-15-4-10-18(28)11-5-15/h3-11,13-14,28H,1,12H2,2H3,(H,25,29). The molecule has 154 valence electrons. The highest BCUT2D eigenvalue weighted by Gasteiger charge is 2.20. The number of halogens is 1. The Bertz CT molecular complexity index is 1050. The first-order chi connectivity index (χ1) is 14.5. The van der Waals surface area contributed by atoms with Crippen molar-refractivity contribution in [2.24, 2.45) is 5.10 Å². The number of carbonyl (C=O) groups is 1. The summed E-state index contributed by atoms with van der Waals surface area (Å²) in [5, 5.41) is 22.0. The van der Waals surface area contributed by atoms with Crippen LogP contribution >= 0.6 is 27.7 Å². The van der Waals surface area contributed by atoms with Crippen molar-refractivity contribution < 1.29 is 9.90 Å². The zero-order valence-electron chi connectivity index (χ0n) is 16.2. The van der Waals surface area contributed by atoms with Gasteiger partial charge in [0.05, 0.1) is 11.5 Å². The summed E-state index contributed by atoms with van der Waals surface area (Å²) in [7, 11) is 0. The lowest BCUT2D eigenvalue weighted by Gasteiger charge is -2.11. The second-order valence-corrected chi connectivity index (χ2v) is 8.52. The van der Waals surface area contributed by atoms with Gasteiger partial charge in [-0.15, -0.1) is 16.8 Å². The number of amides is 1. The van der Waals surface area contributed by atoms with Crippen molar-refractivity contribution in [2.75, 3.05) is 0 Å². The highest BCUT2D eigenvalue weighted by atomic mass is 79.9. The summed E-state index contributed by atoms with van der Waals surface area (Å²) >= 11 is 4.73. The minimum atomic E-state index is -0.437. The van der Waals surface area contributed by atoms with Gasteiger partial charge in [0.25, 0.3) is 5.91 Å². The molecular formula is C21H20BrN5O2S. The summed E-state index contributed by atoms with van der Waals surface area (Å²) in [5.41, 5.74) is 4.21. The van der Waals surface area contributed by atoms with Gasteiger partial charge in [0.15, 0.2) is 11.0 Å². The number of hydrogen-bond acceptors (Lipinski definition) is 6. The molecule has 1 heterocycles. The number of nitrogens with one attached hydrogen (secondary N) is 1. The first-order valence-corrected chi connectivity index (χ1v) is 10.7. The second-order valence-electron chi connectivity index (χ2n) is 6.30. The van der Waals surface area contributed by atoms with E-state index in [1.807, 2.05) is 28.8 Å². The number of allylic oxidation sites excluding steroid dienone is 1. The van der Waals surface area contributed by atoms with Gasteiger partial charge in [-0.1, -0.05) is 45.9 Å². The summed E-state index contributed by atoms with van der Waals surface area (Å²) in [5.74, 6) is 0.628. The number of nitrogens with zero attached hydrogens (tertiary/aromatic N) is 4. The average molecular weight is 486 g/mol. The van der Waals surface area contributed by atoms with Crippen LogP contribution in [0, 0.1) is 0 Å². The summed E-state index contributed by atoms with van der Waals surface area (Å²) in [6.45, 7) is 6.11. The Kier molecular flexibility index (Phi) is 7.42. The maximum atomic E-state index is 12.4. The third-order valence-electron chi connectivity index (χ3n) is 4.06. The van der Waals surface area contributed by atoms with Crippen molar-refractivity contribution in [1.82, 2.24) is 20.2 Å². The van der Waals surface area contributed by atoms with Crippen LogP contribution in [0.4, 0.5) is 0 Å². The molecule has 2 aromatic carbocycles. The number of phenolic OH excluding ortho intramolecular Hbond substituents is 1. The molecule has 3 aromatic rings. The topological polar surface area (TPSA) is 92.4 Å². The van der Waals surface area contributed by atoms with E-state index >= 15 is 0 Å². The van der Waals surface area contributed by atoms with Crippen molar-refractivity contribution in [2.45, 2.75) is 23.9 Å². The van der Waals surface area contributed by atoms with Crippen molar-refractivity contribution >= 4 is 39.8 Å². The van der Waals surface area contributed by atoms with E-state index in [0.717, 1.165) is 15.6 Å². The van der Waals surface area contributed by atoms with Crippen molar-refractivity contribution in [3.63, 3.8) is 0 Å². The van der Waals surface area contributed by atoms with Crippen LogP contribution in [0.1, 0.15) is 12.5 Å². The largest absolute Gasteiger partial charge is 0.508 e. The summed E-state index contributed by atoms with van der Waals surface area (Å²) in [6, 6.07) is 14.3. The number of phenols is 1. The molecule has 0 fully saturated rings. The quantitative estimate of drug-likeness (QED) is 0.215. The number of carbonyl (C=O) groups excluding carboxylic acids is 1. The van der Waals surface area contributed by atoms with Crippen LogP contribution in [0.5, 0.6) is 5.75 Å². The molecule has 3 rings (SSSR count). The van der Waals surface area contributed by atoms with Crippen LogP contribution in [-0.2, 0) is 11.3 Å². The number of hydrogen-bond donors (Lipinski definition) is 2. The number of aromatic hydroxyl groups is 1. The van der Waals surface area contributed by atoms with Crippen LogP contribution in [0.2, 0.25) is 0 Å². The highest BCUT2D eigenvalue weighted by molar-refractivity contribution is 9.10. The molecule has 0 aliphatic rings. The van der Waals surface area contributed by atoms with Gasteiger partial charge in [0, 0.05) is 16.6 Å². The molecular weight excluding hydrogens is 466 g/mol. The Morgan fingerprint density at radius 1 is 1.27 bits per heavy atom. The minimum Gasteiger partial charge on any atom is -0.508 e. The van der Waals surface area contributed by atoms with Gasteiger partial charge in [-0.3, -0.25) is 9.36 Å². The summed E-state index contributed by atoms with van der Waals surface area (Å²) < 4.78 is 2.90. The molecule has 0 aliphatic carbocycles. The molecule has 1 aromatic heterocycles. The predicted octanol–water partition coefficient (Wildman–Crippen LogP) is 4.23. The molecule has 2 N–H and O–H groups in total. The molecule has 0 spiro atoms. The number of hydrazone groups is 1. The lowest BCUT2D eigenvalue weighted by Crippen LogP contribution is -2.27. The lowest BCUT2D eigenvalue weighted by atomic mass is 10.2. The second kappa shape index (κ2) is 10.2. The molecule has 0 saturated heterocycles. The smallest absolute Gasteiger partial charge is 0.253 e. The first-order valence-electron chi connectivity index (χ1n) is 9.06. The molecule has 9 heteroatoms. The number of aromatic nitrogens is 3. The average Bonchev–Trinajstić information content (AvgIpc) is 3.12. The third kappa shape index (κ3) is 5.58. The number of benzene rings is 2. The van der Waals surface area contributed by atoms with Crippen LogP contribution in [0.25, 0.3) is 11.4 Å². The van der Waals surface area contributed by atoms with Crippen LogP contribution in [0.15, 0.2) is 75.9 Å². The van der Waals surface area contributed by atoms with E-state index in [9.17, 15) is 9.90 Å². The zero-order chi connectivity index (χ0) is 21.5. The lowest BCUT2D eigenvalue weighted by molar-refractivity contribution is -0.120. The molecule has 7 nitrogen and oxygen atoms in total. The Morgan fingerprint density at radius 3 is 2.63 bits per heavy atom. The third-order valence-corrected chi connectivity index (χ3v) is 5.67. The molecule has 0 saturated carbocycles. The van der Waals surface area contributed by atoms with Crippen molar-refractivity contribution in [1.29, 1.82) is 0 Å². The minimum absolute atomic E-state index is 0.173. The maximum absolute atomic E-state index is 12.4. The summed E-state index contributed by atoms with van der Waals surface area (Å²) in [6.07, 6.45) is 3.28. The molecule has 1 atom stereocenters. The van der Waals surface area contributed by atoms with Gasteiger partial charge >= 0.3 is 0 Å². The van der Waals surface area contributed by atoms with E-state index in [2.05, 4.69) is 43.2 Å². The van der Waals surface area contributed by atoms with E-state index in [-0.39, 0.29) is 11.7 Å². The molecule has 0 aliphatic heterocycles. The van der Waals surface area contributed by atoms with Crippen LogP contribution in [-0.4, -0.2) is 37.2 Å². The van der Waals surface area contributed by atoms with Crippen molar-refractivity contribution in [3.05, 3.63) is 71.2 Å². The van der Waals surface area contributed by atoms with Gasteiger partial charge in [-0.05, 0) is 48.9 Å². The Balaban J connectivity index is 1.68. The summed E-state index contributed by atoms with van der Waals surface area (Å²) in [4.78, 5) is 12.4. The van der Waals surface area contributed by atoms with Gasteiger partial charge in [-0.2, -0.15) is 5.10 Å². The van der Waals surface area contributed by atoms with E-state index in [0.29, 0.717) is 17.5 Å². The molecule has 1 amide bonds. The molecule has 1 unspecified atom stereocenters. The predicted molar refractivity (Wildman–Crippen MR) is 123 cm³/mol. The van der Waals surface area contributed by atoms with Crippen LogP contribution in [0.3, 0.4) is 0 Å². The Labute approximate surface area is 187 Å². The highest BCUT2D eigenvalue weighted by Crippen LogP contribution is 2.27. The van der Waals surface area contributed by atoms with E-state index in [1.165, 1.54) is 18.0 Å². The van der Waals surface area contributed by atoms with Gasteiger partial charge in [0.2, 0.25) is 0 Å². The van der Waals surface area contributed by atoms with Gasteiger partial charge in [-0.25, -0.2) is 5.43 Å². The monoisotopic (exact) mass is 485 g/mol. The van der Waals surface area contributed by atoms with Gasteiger partial charge in [0.1, 0.15) is 5.75 Å². The van der Waals surface area contributed by atoms with Crippen molar-refractivity contribution in [3.8, 4) is 17.1 Å². The van der Waals surface area contributed by atoms with E-state index in [4.69, 9.17) is 0 Å². The first kappa shape index (κ1) is 21.8. The van der Waals surface area contributed by atoms with E-state index in [1.54, 1.807) is 37.3 Å². The molecule has 0 radical (unpaired) electrons. The number of rotatable bonds is 8. The Hall–Kier alpha value is -2.91. The fourth-order valence-corrected chi connectivity index (χ4v) is 3.63. The molecule has 30 heavy (non-hydrogen) atoms. The van der Waals surface area contributed by atoms with Crippen LogP contribution < -0.4 is 5.43 Å². The fraction of sp³-hybridized carbons (Fsp3) is 0.143.